The van der Waals surface area contributed by atoms with Crippen LogP contribution in [0.2, 0.25) is 5.02 Å². The molecule has 212 valence electrons. The number of anilines is 1. The smallest absolute Gasteiger partial charge is 0.320 e. The highest BCUT2D eigenvalue weighted by molar-refractivity contribution is 6.33. The topological polar surface area (TPSA) is 74.3 Å². The highest BCUT2D eigenvalue weighted by Crippen LogP contribution is 2.53. The van der Waals surface area contributed by atoms with E-state index in [-0.39, 0.29) is 5.92 Å². The van der Waals surface area contributed by atoms with Gasteiger partial charge in [-0.25, -0.2) is 0 Å². The number of rotatable bonds is 12. The van der Waals surface area contributed by atoms with Gasteiger partial charge in [0.25, 0.3) is 0 Å². The third-order valence-corrected chi connectivity index (χ3v) is 8.19. The van der Waals surface area contributed by atoms with Crippen molar-refractivity contribution in [2.24, 2.45) is 11.8 Å². The molecule has 7 nitrogen and oxygen atoms in total. The van der Waals surface area contributed by atoms with Crippen molar-refractivity contribution in [3.63, 3.8) is 0 Å². The first kappa shape index (κ1) is 29.3. The number of benzene rings is 3. The quantitative estimate of drug-likeness (QED) is 0.191. The van der Waals surface area contributed by atoms with Gasteiger partial charge < -0.3 is 23.8 Å². The third kappa shape index (κ3) is 6.20. The molecule has 1 saturated carbocycles. The van der Waals surface area contributed by atoms with Gasteiger partial charge >= 0.3 is 11.9 Å². The van der Waals surface area contributed by atoms with E-state index in [4.69, 9.17) is 30.5 Å². The van der Waals surface area contributed by atoms with E-state index < -0.39 is 23.3 Å². The van der Waals surface area contributed by atoms with E-state index in [2.05, 4.69) is 4.90 Å². The monoisotopic (exact) mass is 565 g/mol. The SMILES string of the molecule is COC(=O)C(C(=O)OC)C(C)(c1ccc(Cl)c(N(Cc2ccc(OC)cc2)Cc2ccc(OC)cc2)c1)C1CC1. The first-order valence-electron chi connectivity index (χ1n) is 13.2. The van der Waals surface area contributed by atoms with Crippen LogP contribution in [-0.4, -0.2) is 40.4 Å². The Morgan fingerprint density at radius 3 is 1.70 bits per heavy atom. The number of methoxy groups -OCH3 is 4. The highest BCUT2D eigenvalue weighted by Gasteiger charge is 2.55. The van der Waals surface area contributed by atoms with Gasteiger partial charge in [-0.1, -0.05) is 48.9 Å². The van der Waals surface area contributed by atoms with Crippen molar-refractivity contribution in [2.75, 3.05) is 33.3 Å². The van der Waals surface area contributed by atoms with E-state index in [1.54, 1.807) is 14.2 Å². The summed E-state index contributed by atoms with van der Waals surface area (Å²) >= 11 is 6.86. The number of halogens is 1. The largest absolute Gasteiger partial charge is 0.497 e. The summed E-state index contributed by atoms with van der Waals surface area (Å²) in [4.78, 5) is 28.1. The molecule has 1 atom stereocenters. The fraction of sp³-hybridized carbons (Fsp3) is 0.375. The number of hydrogen-bond donors (Lipinski definition) is 0. The molecule has 0 amide bonds. The van der Waals surface area contributed by atoms with E-state index in [1.165, 1.54) is 14.2 Å². The van der Waals surface area contributed by atoms with Crippen molar-refractivity contribution in [1.29, 1.82) is 0 Å². The molecule has 0 spiro atoms. The minimum atomic E-state index is -1.10. The Kier molecular flexibility index (Phi) is 9.25. The molecule has 1 aliphatic carbocycles. The molecule has 0 bridgehead atoms. The Hall–Kier alpha value is -3.71. The normalized spacial score (nSPS) is 14.3. The van der Waals surface area contributed by atoms with Crippen LogP contribution < -0.4 is 14.4 Å². The number of carbonyl (C=O) groups is 2. The van der Waals surface area contributed by atoms with Gasteiger partial charge in [0.05, 0.1) is 39.1 Å². The van der Waals surface area contributed by atoms with Crippen LogP contribution in [0.3, 0.4) is 0 Å². The fourth-order valence-electron chi connectivity index (χ4n) is 5.36. The molecule has 0 aromatic heterocycles. The Morgan fingerprint density at radius 1 is 0.825 bits per heavy atom. The summed E-state index contributed by atoms with van der Waals surface area (Å²) in [6.45, 7) is 3.08. The average Bonchev–Trinajstić information content (AvgIpc) is 3.84. The maximum absolute atomic E-state index is 13.0. The Bertz CT molecular complexity index is 1260. The maximum Gasteiger partial charge on any atom is 0.320 e. The lowest BCUT2D eigenvalue weighted by Crippen LogP contribution is -2.45. The summed E-state index contributed by atoms with van der Waals surface area (Å²) in [7, 11) is 5.88. The molecule has 0 N–H and O–H groups in total. The molecule has 0 aliphatic heterocycles. The van der Waals surface area contributed by atoms with Gasteiger partial charge in [0.2, 0.25) is 0 Å². The van der Waals surface area contributed by atoms with Gasteiger partial charge in [0, 0.05) is 18.5 Å². The zero-order valence-corrected chi connectivity index (χ0v) is 24.4. The minimum absolute atomic E-state index is 0.126. The molecular weight excluding hydrogens is 530 g/mol. The second-order valence-electron chi connectivity index (χ2n) is 10.3. The molecule has 0 radical (unpaired) electrons. The van der Waals surface area contributed by atoms with Crippen molar-refractivity contribution in [3.05, 3.63) is 88.4 Å². The van der Waals surface area contributed by atoms with Crippen molar-refractivity contribution >= 4 is 29.2 Å². The second kappa shape index (κ2) is 12.6. The van der Waals surface area contributed by atoms with Crippen LogP contribution in [0.15, 0.2) is 66.7 Å². The van der Waals surface area contributed by atoms with Crippen molar-refractivity contribution in [2.45, 2.75) is 38.3 Å². The minimum Gasteiger partial charge on any atom is -0.497 e. The number of esters is 2. The lowest BCUT2D eigenvalue weighted by molar-refractivity contribution is -0.163. The van der Waals surface area contributed by atoms with Crippen molar-refractivity contribution in [3.8, 4) is 11.5 Å². The van der Waals surface area contributed by atoms with E-state index in [0.717, 1.165) is 46.7 Å². The van der Waals surface area contributed by atoms with Gasteiger partial charge in [-0.3, -0.25) is 9.59 Å². The van der Waals surface area contributed by atoms with Crippen LogP contribution >= 0.6 is 11.6 Å². The lowest BCUT2D eigenvalue weighted by Gasteiger charge is -2.36. The Morgan fingerprint density at radius 2 is 1.30 bits per heavy atom. The molecule has 0 saturated heterocycles. The highest BCUT2D eigenvalue weighted by atomic mass is 35.5. The summed E-state index contributed by atoms with van der Waals surface area (Å²) in [5.74, 6) is -0.621. The van der Waals surface area contributed by atoms with Crippen LogP contribution in [-0.2, 0) is 37.6 Å². The summed E-state index contributed by atoms with van der Waals surface area (Å²) in [6.07, 6.45) is 1.81. The molecule has 1 aliphatic rings. The van der Waals surface area contributed by atoms with Gasteiger partial charge in [-0.2, -0.15) is 0 Å². The van der Waals surface area contributed by atoms with Gasteiger partial charge in [0.1, 0.15) is 11.5 Å². The standard InChI is InChI=1S/C32H36ClNO6/c1-32(23-10-11-23,29(30(35)39-4)31(36)40-5)24-12-17-27(33)28(18-24)34(19-21-6-13-25(37-2)14-7-21)20-22-8-15-26(38-3)16-9-22/h6-9,12-18,23,29H,10-11,19-20H2,1-5H3. The fourth-order valence-corrected chi connectivity index (χ4v) is 5.60. The van der Waals surface area contributed by atoms with Crippen LogP contribution in [0.5, 0.6) is 11.5 Å². The molecule has 4 rings (SSSR count). The summed E-state index contributed by atoms with van der Waals surface area (Å²) in [5, 5.41) is 0.566. The molecule has 8 heteroatoms. The van der Waals surface area contributed by atoms with E-state index >= 15 is 0 Å². The number of hydrogen-bond acceptors (Lipinski definition) is 7. The van der Waals surface area contributed by atoms with Crippen LogP contribution in [0.1, 0.15) is 36.5 Å². The zero-order valence-electron chi connectivity index (χ0n) is 23.6. The van der Waals surface area contributed by atoms with Crippen molar-refractivity contribution in [1.82, 2.24) is 0 Å². The summed E-state index contributed by atoms with van der Waals surface area (Å²) in [5.41, 5.74) is 2.95. The first-order valence-corrected chi connectivity index (χ1v) is 13.6. The maximum atomic E-state index is 13.0. The predicted octanol–water partition coefficient (Wildman–Crippen LogP) is 6.19. The van der Waals surface area contributed by atoms with E-state index in [0.29, 0.717) is 18.1 Å². The van der Waals surface area contributed by atoms with Crippen LogP contribution in [0, 0.1) is 11.8 Å². The van der Waals surface area contributed by atoms with Crippen molar-refractivity contribution < 1.29 is 28.5 Å². The van der Waals surface area contributed by atoms with Gasteiger partial charge in [0.15, 0.2) is 5.92 Å². The summed E-state index contributed by atoms with van der Waals surface area (Å²) in [6, 6.07) is 21.6. The Balaban J connectivity index is 1.79. The van der Waals surface area contributed by atoms with Gasteiger partial charge in [-0.05, 0) is 71.8 Å². The number of carbonyl (C=O) groups excluding carboxylic acids is 2. The first-order chi connectivity index (χ1) is 19.2. The van der Waals surface area contributed by atoms with E-state index in [1.807, 2.05) is 73.7 Å². The van der Waals surface area contributed by atoms with Crippen LogP contribution in [0.25, 0.3) is 0 Å². The summed E-state index contributed by atoms with van der Waals surface area (Å²) < 4.78 is 20.8. The lowest BCUT2D eigenvalue weighted by atomic mass is 9.68. The van der Waals surface area contributed by atoms with Crippen LogP contribution in [0.4, 0.5) is 5.69 Å². The predicted molar refractivity (Wildman–Crippen MR) is 155 cm³/mol. The molecule has 1 unspecified atom stereocenters. The Labute approximate surface area is 240 Å². The molecular formula is C32H36ClNO6. The van der Waals surface area contributed by atoms with E-state index in [9.17, 15) is 9.59 Å². The molecule has 3 aromatic rings. The average molecular weight is 566 g/mol. The second-order valence-corrected chi connectivity index (χ2v) is 10.7. The van der Waals surface area contributed by atoms with Gasteiger partial charge in [-0.15, -0.1) is 0 Å². The number of nitrogens with zero attached hydrogens (tertiary/aromatic N) is 1. The zero-order chi connectivity index (χ0) is 28.9. The molecule has 3 aromatic carbocycles. The third-order valence-electron chi connectivity index (χ3n) is 7.87. The molecule has 0 heterocycles. The molecule has 1 fully saturated rings. The molecule has 40 heavy (non-hydrogen) atoms. The number of ether oxygens (including phenoxy) is 4.